The molecule has 30 heavy (non-hydrogen) atoms. The number of hydrogen-bond acceptors (Lipinski definition) is 3. The molecule has 0 spiro atoms. The molecule has 1 fully saturated rings. The molecular weight excluding hydrogens is 383 g/mol. The molecule has 2 aliphatic rings. The van der Waals surface area contributed by atoms with Crippen LogP contribution < -0.4 is 0 Å². The molecule has 0 aliphatic heterocycles. The Morgan fingerprint density at radius 1 is 1.17 bits per heavy atom. The van der Waals surface area contributed by atoms with Gasteiger partial charge in [0.1, 0.15) is 6.17 Å². The number of aliphatic hydroxyl groups is 2. The minimum atomic E-state index is -1.07. The molecule has 0 amide bonds. The molecule has 5 heteroatoms. The Morgan fingerprint density at radius 3 is 2.53 bits per heavy atom. The number of benzene rings is 1. The lowest BCUT2D eigenvalue weighted by molar-refractivity contribution is -0.137. The van der Waals surface area contributed by atoms with E-state index >= 15 is 0 Å². The number of carboxylic acids is 1. The van der Waals surface area contributed by atoms with Crippen molar-refractivity contribution in [2.24, 2.45) is 17.8 Å². The van der Waals surface area contributed by atoms with Gasteiger partial charge in [-0.1, -0.05) is 48.6 Å². The van der Waals surface area contributed by atoms with Crippen molar-refractivity contribution in [3.63, 3.8) is 0 Å². The van der Waals surface area contributed by atoms with Gasteiger partial charge in [0.05, 0.1) is 12.2 Å². The molecule has 0 heterocycles. The van der Waals surface area contributed by atoms with Crippen LogP contribution in [0.15, 0.2) is 48.6 Å². The molecule has 1 aromatic carbocycles. The molecule has 2 aliphatic carbocycles. The second kappa shape index (κ2) is 10.9. The van der Waals surface area contributed by atoms with Gasteiger partial charge >= 0.3 is 5.97 Å². The van der Waals surface area contributed by atoms with E-state index in [0.717, 1.165) is 12.8 Å². The summed E-state index contributed by atoms with van der Waals surface area (Å²) in [4.78, 5) is 10.5. The van der Waals surface area contributed by atoms with Crippen LogP contribution in [0.5, 0.6) is 0 Å². The monoisotopic (exact) mass is 416 g/mol. The smallest absolute Gasteiger partial charge is 0.303 e. The number of carboxylic acid groups (broad SMARTS) is 1. The minimum absolute atomic E-state index is 0.142. The summed E-state index contributed by atoms with van der Waals surface area (Å²) in [6, 6.07) is 8.29. The first-order valence-corrected chi connectivity index (χ1v) is 11.1. The maximum absolute atomic E-state index is 14.4. The number of alkyl halides is 1. The predicted molar refractivity (Wildman–Crippen MR) is 115 cm³/mol. The second-order valence-corrected chi connectivity index (χ2v) is 8.72. The summed E-state index contributed by atoms with van der Waals surface area (Å²) in [5.74, 6) is -1.13. The van der Waals surface area contributed by atoms with Crippen molar-refractivity contribution in [2.45, 2.75) is 69.7 Å². The molecule has 1 saturated carbocycles. The van der Waals surface area contributed by atoms with Gasteiger partial charge in [0.15, 0.2) is 0 Å². The van der Waals surface area contributed by atoms with E-state index < -0.39 is 24.3 Å². The summed E-state index contributed by atoms with van der Waals surface area (Å²) < 4.78 is 14.4. The van der Waals surface area contributed by atoms with Gasteiger partial charge in [-0.25, -0.2) is 4.39 Å². The van der Waals surface area contributed by atoms with Gasteiger partial charge in [-0.2, -0.15) is 0 Å². The molecule has 0 unspecified atom stereocenters. The van der Waals surface area contributed by atoms with Crippen LogP contribution in [0, 0.1) is 17.8 Å². The number of hydrogen-bond donors (Lipinski definition) is 3. The number of carbonyl (C=O) groups is 1. The number of fused-ring (bicyclic) bond motifs is 1. The van der Waals surface area contributed by atoms with E-state index in [-0.39, 0.29) is 30.6 Å². The fraction of sp³-hybridized carbons (Fsp3) is 0.560. The maximum atomic E-state index is 14.4. The van der Waals surface area contributed by atoms with Crippen LogP contribution in [0.25, 0.3) is 0 Å². The highest BCUT2D eigenvalue weighted by molar-refractivity contribution is 5.66. The van der Waals surface area contributed by atoms with Gasteiger partial charge in [-0.3, -0.25) is 4.79 Å². The Hall–Kier alpha value is -1.98. The summed E-state index contributed by atoms with van der Waals surface area (Å²) in [7, 11) is 0. The highest BCUT2D eigenvalue weighted by Gasteiger charge is 2.40. The first kappa shape index (κ1) is 22.7. The van der Waals surface area contributed by atoms with Crippen molar-refractivity contribution < 1.29 is 24.5 Å². The maximum Gasteiger partial charge on any atom is 0.303 e. The summed E-state index contributed by atoms with van der Waals surface area (Å²) in [5, 5.41) is 29.5. The molecule has 164 valence electrons. The van der Waals surface area contributed by atoms with E-state index in [1.807, 2.05) is 36.4 Å². The minimum Gasteiger partial charge on any atom is -0.481 e. The van der Waals surface area contributed by atoms with Crippen LogP contribution in [0.1, 0.15) is 49.7 Å². The molecule has 0 saturated heterocycles. The van der Waals surface area contributed by atoms with Crippen LogP contribution in [0.4, 0.5) is 4.39 Å². The Labute approximate surface area is 178 Å². The van der Waals surface area contributed by atoms with Crippen LogP contribution in [-0.2, 0) is 17.6 Å². The Kier molecular flexibility index (Phi) is 8.23. The highest BCUT2D eigenvalue weighted by atomic mass is 19.1. The molecule has 1 aromatic rings. The molecule has 3 rings (SSSR count). The topological polar surface area (TPSA) is 77.8 Å². The van der Waals surface area contributed by atoms with E-state index in [1.54, 1.807) is 0 Å². The molecule has 0 radical (unpaired) electrons. The van der Waals surface area contributed by atoms with Crippen molar-refractivity contribution in [1.29, 1.82) is 0 Å². The number of halogens is 1. The van der Waals surface area contributed by atoms with E-state index in [2.05, 4.69) is 12.1 Å². The van der Waals surface area contributed by atoms with Crippen molar-refractivity contribution in [1.82, 2.24) is 0 Å². The number of allylic oxidation sites excluding steroid dienone is 3. The van der Waals surface area contributed by atoms with Gasteiger partial charge in [0, 0.05) is 18.8 Å². The number of unbranched alkanes of at least 4 members (excludes halogenated alkanes) is 1. The van der Waals surface area contributed by atoms with Gasteiger partial charge in [-0.15, -0.1) is 0 Å². The average molecular weight is 417 g/mol. The average Bonchev–Trinajstić information content (AvgIpc) is 3.25. The van der Waals surface area contributed by atoms with Gasteiger partial charge < -0.3 is 15.3 Å². The van der Waals surface area contributed by atoms with Crippen LogP contribution >= 0.6 is 0 Å². The van der Waals surface area contributed by atoms with Crippen molar-refractivity contribution >= 4 is 5.97 Å². The third-order valence-corrected chi connectivity index (χ3v) is 6.57. The second-order valence-electron chi connectivity index (χ2n) is 8.72. The van der Waals surface area contributed by atoms with E-state index in [9.17, 15) is 19.4 Å². The largest absolute Gasteiger partial charge is 0.481 e. The first-order valence-electron chi connectivity index (χ1n) is 11.1. The summed E-state index contributed by atoms with van der Waals surface area (Å²) >= 11 is 0. The molecule has 0 bridgehead atoms. The fourth-order valence-corrected chi connectivity index (χ4v) is 4.84. The van der Waals surface area contributed by atoms with E-state index in [1.165, 1.54) is 11.1 Å². The lowest BCUT2D eigenvalue weighted by Crippen LogP contribution is -2.21. The normalized spacial score (nSPS) is 27.8. The zero-order valence-electron chi connectivity index (χ0n) is 17.4. The van der Waals surface area contributed by atoms with E-state index in [0.29, 0.717) is 25.7 Å². The zero-order valence-corrected chi connectivity index (χ0v) is 17.4. The lowest BCUT2D eigenvalue weighted by Gasteiger charge is -2.19. The molecule has 4 nitrogen and oxygen atoms in total. The zero-order chi connectivity index (χ0) is 21.5. The third-order valence-electron chi connectivity index (χ3n) is 6.57. The van der Waals surface area contributed by atoms with Crippen molar-refractivity contribution in [3.8, 4) is 0 Å². The van der Waals surface area contributed by atoms with Crippen LogP contribution in [-0.4, -0.2) is 39.7 Å². The molecular formula is C25H33FO4. The van der Waals surface area contributed by atoms with Gasteiger partial charge in [0.25, 0.3) is 0 Å². The SMILES string of the molecule is O=C(O)CCCC=CC[C@@H]1[C@@H](C=CC[C@H](O)C2Cc3ccccc3C2)[C@@H](F)C[C@@H]1O. The Balaban J connectivity index is 1.47. The van der Waals surface area contributed by atoms with Gasteiger partial charge in [-0.05, 0) is 61.5 Å². The lowest BCUT2D eigenvalue weighted by atomic mass is 9.89. The fourth-order valence-electron chi connectivity index (χ4n) is 4.84. The number of rotatable bonds is 10. The summed E-state index contributed by atoms with van der Waals surface area (Å²) in [6.45, 7) is 0. The quantitative estimate of drug-likeness (QED) is 0.394. The number of aliphatic hydroxyl groups excluding tert-OH is 2. The molecule has 0 aromatic heterocycles. The first-order chi connectivity index (χ1) is 14.5. The summed E-state index contributed by atoms with van der Waals surface area (Å²) in [6.07, 6.45) is 9.75. The van der Waals surface area contributed by atoms with Crippen molar-refractivity contribution in [2.75, 3.05) is 0 Å². The van der Waals surface area contributed by atoms with Crippen LogP contribution in [0.2, 0.25) is 0 Å². The molecule has 3 N–H and O–H groups in total. The Morgan fingerprint density at radius 2 is 1.87 bits per heavy atom. The molecule has 5 atom stereocenters. The third kappa shape index (κ3) is 6.02. The van der Waals surface area contributed by atoms with Crippen molar-refractivity contribution in [3.05, 3.63) is 59.7 Å². The standard InChI is InChI=1S/C25H33FO4/c26-22-16-24(28)21(10-3-1-2-4-13-25(29)30)20(22)11-7-12-23(27)19-14-17-8-5-6-9-18(17)15-19/h1,3,5-9,11,19-24,27-28H,2,4,10,12-16H2,(H,29,30)/t20-,21-,22+,23+,24+/m1/s1. The summed E-state index contributed by atoms with van der Waals surface area (Å²) in [5.41, 5.74) is 2.62. The highest BCUT2D eigenvalue weighted by Crippen LogP contribution is 2.38. The van der Waals surface area contributed by atoms with Gasteiger partial charge in [0.2, 0.25) is 0 Å². The Bertz CT molecular complexity index is 734. The number of aliphatic carboxylic acids is 1. The van der Waals surface area contributed by atoms with Crippen LogP contribution in [0.3, 0.4) is 0 Å². The van der Waals surface area contributed by atoms with E-state index in [4.69, 9.17) is 5.11 Å². The predicted octanol–water partition coefficient (Wildman–Crippen LogP) is 4.24.